The number of carbonyl (C=O) groups is 2. The lowest BCUT2D eigenvalue weighted by atomic mass is 10.0. The second-order valence-electron chi connectivity index (χ2n) is 4.98. The zero-order chi connectivity index (χ0) is 13.1. The largest absolute Gasteiger partial charge is 0.380 e. The summed E-state index contributed by atoms with van der Waals surface area (Å²) >= 11 is 0. The van der Waals surface area contributed by atoms with Crippen molar-refractivity contribution in [2.75, 3.05) is 19.8 Å². The van der Waals surface area contributed by atoms with Crippen LogP contribution in [0, 0.1) is 5.92 Å². The number of rotatable bonds is 6. The quantitative estimate of drug-likeness (QED) is 0.704. The second kappa shape index (κ2) is 5.69. The van der Waals surface area contributed by atoms with Gasteiger partial charge in [-0.25, -0.2) is 0 Å². The fraction of sp³-hybridized carbons (Fsp3) is 0.846. The Labute approximate surface area is 108 Å². The summed E-state index contributed by atoms with van der Waals surface area (Å²) in [6, 6.07) is -0.616. The molecule has 0 bridgehead atoms. The number of amides is 2. The summed E-state index contributed by atoms with van der Waals surface area (Å²) in [6.45, 7) is 5.52. The Morgan fingerprint density at radius 1 is 1.33 bits per heavy atom. The van der Waals surface area contributed by atoms with E-state index in [1.54, 1.807) is 4.90 Å². The monoisotopic (exact) mass is 254 g/mol. The number of piperazine rings is 1. The molecule has 18 heavy (non-hydrogen) atoms. The van der Waals surface area contributed by atoms with Crippen LogP contribution in [0.3, 0.4) is 0 Å². The van der Waals surface area contributed by atoms with Crippen LogP contribution in [0.2, 0.25) is 0 Å². The maximum Gasteiger partial charge on any atom is 0.245 e. The van der Waals surface area contributed by atoms with Crippen LogP contribution in [0.15, 0.2) is 0 Å². The molecule has 1 N–H and O–H groups in total. The summed E-state index contributed by atoms with van der Waals surface area (Å²) in [7, 11) is 0. The molecule has 102 valence electrons. The fourth-order valence-corrected chi connectivity index (χ4v) is 2.51. The summed E-state index contributed by atoms with van der Waals surface area (Å²) in [5, 5.41) is 2.84. The van der Waals surface area contributed by atoms with Crippen molar-refractivity contribution >= 4 is 11.8 Å². The zero-order valence-electron chi connectivity index (χ0n) is 11.1. The SMILES string of the molecule is CCOCCN1C(=O)C(CC)NC(=O)C1C1CC1. The van der Waals surface area contributed by atoms with E-state index in [9.17, 15) is 9.59 Å². The van der Waals surface area contributed by atoms with Gasteiger partial charge in [0, 0.05) is 13.2 Å². The standard InChI is InChI=1S/C13H22N2O3/c1-3-10-13(17)15(7-8-18-4-2)11(9-5-6-9)12(16)14-10/h9-11H,3-8H2,1-2H3,(H,14,16). The van der Waals surface area contributed by atoms with E-state index in [4.69, 9.17) is 4.74 Å². The van der Waals surface area contributed by atoms with E-state index < -0.39 is 0 Å². The number of ether oxygens (including phenoxy) is 1. The molecule has 2 fully saturated rings. The molecule has 2 amide bonds. The average Bonchev–Trinajstić information content (AvgIpc) is 3.17. The summed E-state index contributed by atoms with van der Waals surface area (Å²) in [6.07, 6.45) is 2.74. The van der Waals surface area contributed by atoms with Crippen LogP contribution >= 0.6 is 0 Å². The van der Waals surface area contributed by atoms with Gasteiger partial charge in [0.2, 0.25) is 11.8 Å². The lowest BCUT2D eigenvalue weighted by Crippen LogP contribution is -2.64. The van der Waals surface area contributed by atoms with Crippen LogP contribution in [0.5, 0.6) is 0 Å². The first-order valence-electron chi connectivity index (χ1n) is 6.87. The third-order valence-electron chi connectivity index (χ3n) is 3.66. The van der Waals surface area contributed by atoms with Crippen LogP contribution < -0.4 is 5.32 Å². The second-order valence-corrected chi connectivity index (χ2v) is 4.98. The first-order chi connectivity index (χ1) is 8.69. The van der Waals surface area contributed by atoms with Crippen LogP contribution in [0.25, 0.3) is 0 Å². The highest BCUT2D eigenvalue weighted by Crippen LogP contribution is 2.37. The topological polar surface area (TPSA) is 58.6 Å². The predicted octanol–water partition coefficient (Wildman–Crippen LogP) is 0.538. The van der Waals surface area contributed by atoms with E-state index in [1.807, 2.05) is 13.8 Å². The van der Waals surface area contributed by atoms with Crippen molar-refractivity contribution in [1.29, 1.82) is 0 Å². The van der Waals surface area contributed by atoms with E-state index in [0.717, 1.165) is 12.8 Å². The van der Waals surface area contributed by atoms with Gasteiger partial charge in [-0.2, -0.15) is 0 Å². The van der Waals surface area contributed by atoms with Gasteiger partial charge in [-0.05, 0) is 32.1 Å². The highest BCUT2D eigenvalue weighted by molar-refractivity contribution is 5.97. The van der Waals surface area contributed by atoms with Gasteiger partial charge in [0.25, 0.3) is 0 Å². The van der Waals surface area contributed by atoms with Crippen molar-refractivity contribution < 1.29 is 14.3 Å². The fourth-order valence-electron chi connectivity index (χ4n) is 2.51. The molecule has 2 rings (SSSR count). The number of nitrogens with one attached hydrogen (secondary N) is 1. The Balaban J connectivity index is 2.06. The molecule has 1 heterocycles. The molecule has 1 saturated carbocycles. The van der Waals surface area contributed by atoms with Crippen LogP contribution in [0.4, 0.5) is 0 Å². The normalized spacial score (nSPS) is 28.4. The van der Waals surface area contributed by atoms with Gasteiger partial charge < -0.3 is 15.0 Å². The highest BCUT2D eigenvalue weighted by atomic mass is 16.5. The molecule has 0 aromatic rings. The van der Waals surface area contributed by atoms with Crippen LogP contribution in [-0.4, -0.2) is 48.6 Å². The number of hydrogen-bond acceptors (Lipinski definition) is 3. The lowest BCUT2D eigenvalue weighted by molar-refractivity contribution is -0.151. The Hall–Kier alpha value is -1.10. The van der Waals surface area contributed by atoms with Crippen molar-refractivity contribution in [2.45, 2.75) is 45.2 Å². The predicted molar refractivity (Wildman–Crippen MR) is 66.9 cm³/mol. The first-order valence-corrected chi connectivity index (χ1v) is 6.87. The molecule has 5 nitrogen and oxygen atoms in total. The molecule has 2 atom stereocenters. The maximum atomic E-state index is 12.3. The highest BCUT2D eigenvalue weighted by Gasteiger charge is 2.47. The molecule has 5 heteroatoms. The number of carbonyl (C=O) groups excluding carboxylic acids is 2. The Bertz CT molecular complexity index is 328. The van der Waals surface area contributed by atoms with Gasteiger partial charge in [-0.15, -0.1) is 0 Å². The third kappa shape index (κ3) is 2.66. The molecular weight excluding hydrogens is 232 g/mol. The Morgan fingerprint density at radius 3 is 2.61 bits per heavy atom. The van der Waals surface area contributed by atoms with E-state index in [0.29, 0.717) is 32.1 Å². The minimum Gasteiger partial charge on any atom is -0.380 e. The van der Waals surface area contributed by atoms with Crippen molar-refractivity contribution in [3.05, 3.63) is 0 Å². The third-order valence-corrected chi connectivity index (χ3v) is 3.66. The minimum absolute atomic E-state index is 0.0143. The Kier molecular flexibility index (Phi) is 4.22. The number of nitrogens with zero attached hydrogens (tertiary/aromatic N) is 1. The van der Waals surface area contributed by atoms with Gasteiger partial charge >= 0.3 is 0 Å². The lowest BCUT2D eigenvalue weighted by Gasteiger charge is -2.39. The smallest absolute Gasteiger partial charge is 0.245 e. The van der Waals surface area contributed by atoms with Crippen LogP contribution in [0.1, 0.15) is 33.1 Å². The summed E-state index contributed by atoms with van der Waals surface area (Å²) in [4.78, 5) is 26.1. The van der Waals surface area contributed by atoms with Gasteiger partial charge in [0.15, 0.2) is 0 Å². The summed E-state index contributed by atoms with van der Waals surface area (Å²) in [5.74, 6) is 0.419. The molecule has 2 aliphatic rings. The van der Waals surface area contributed by atoms with E-state index >= 15 is 0 Å². The van der Waals surface area contributed by atoms with E-state index in [-0.39, 0.29) is 23.9 Å². The van der Waals surface area contributed by atoms with E-state index in [2.05, 4.69) is 5.32 Å². The molecule has 2 unspecified atom stereocenters. The molecular formula is C13H22N2O3. The Morgan fingerprint density at radius 2 is 2.06 bits per heavy atom. The number of hydrogen-bond donors (Lipinski definition) is 1. The van der Waals surface area contributed by atoms with Crippen molar-refractivity contribution in [1.82, 2.24) is 10.2 Å². The minimum atomic E-state index is -0.353. The molecule has 1 saturated heterocycles. The molecule has 1 aliphatic carbocycles. The molecule has 1 aliphatic heterocycles. The van der Waals surface area contributed by atoms with Crippen LogP contribution in [-0.2, 0) is 14.3 Å². The molecule has 0 aromatic heterocycles. The van der Waals surface area contributed by atoms with Crippen molar-refractivity contribution in [3.8, 4) is 0 Å². The molecule has 0 aromatic carbocycles. The first kappa shape index (κ1) is 13.3. The average molecular weight is 254 g/mol. The zero-order valence-corrected chi connectivity index (χ0v) is 11.1. The molecule has 0 spiro atoms. The van der Waals surface area contributed by atoms with Gasteiger partial charge in [-0.3, -0.25) is 9.59 Å². The van der Waals surface area contributed by atoms with Crippen molar-refractivity contribution in [2.24, 2.45) is 5.92 Å². The molecule has 0 radical (unpaired) electrons. The van der Waals surface area contributed by atoms with Gasteiger partial charge in [0.05, 0.1) is 6.61 Å². The summed E-state index contributed by atoms with van der Waals surface area (Å²) < 4.78 is 5.31. The van der Waals surface area contributed by atoms with Crippen molar-refractivity contribution in [3.63, 3.8) is 0 Å². The van der Waals surface area contributed by atoms with Gasteiger partial charge in [0.1, 0.15) is 12.1 Å². The maximum absolute atomic E-state index is 12.3. The van der Waals surface area contributed by atoms with E-state index in [1.165, 1.54) is 0 Å². The summed E-state index contributed by atoms with van der Waals surface area (Å²) in [5.41, 5.74) is 0. The van der Waals surface area contributed by atoms with Gasteiger partial charge in [-0.1, -0.05) is 6.92 Å².